The fourth-order valence-corrected chi connectivity index (χ4v) is 9.01. The Morgan fingerprint density at radius 1 is 1.28 bits per heavy atom. The Bertz CT molecular complexity index is 925. The molecule has 0 aromatic carbocycles. The quantitative estimate of drug-likeness (QED) is 0.195. The van der Waals surface area contributed by atoms with Crippen molar-refractivity contribution in [3.05, 3.63) is 25.3 Å². The van der Waals surface area contributed by atoms with Gasteiger partial charge in [0.1, 0.15) is 6.04 Å². The van der Waals surface area contributed by atoms with Crippen LogP contribution in [0, 0.1) is 17.8 Å². The van der Waals surface area contributed by atoms with Crippen molar-refractivity contribution >= 4 is 29.5 Å². The number of esters is 1. The molecular formula is C29H45N3O6S. The number of likely N-dealkylation sites (tertiary alicyclic amines) is 1. The summed E-state index contributed by atoms with van der Waals surface area (Å²) in [5.74, 6) is -1.92. The summed E-state index contributed by atoms with van der Waals surface area (Å²) in [7, 11) is 0. The summed E-state index contributed by atoms with van der Waals surface area (Å²) in [5.41, 5.74) is 0. The molecule has 2 bridgehead atoms. The van der Waals surface area contributed by atoms with E-state index >= 15 is 0 Å². The van der Waals surface area contributed by atoms with Gasteiger partial charge in [-0.2, -0.15) is 0 Å². The number of aliphatic hydroxyl groups is 1. The number of amides is 2. The Kier molecular flexibility index (Phi) is 10.2. The highest BCUT2D eigenvalue weighted by Gasteiger charge is 2.74. The van der Waals surface area contributed by atoms with Crippen molar-refractivity contribution < 1.29 is 29.0 Å². The lowest BCUT2D eigenvalue weighted by Gasteiger charge is -2.41. The van der Waals surface area contributed by atoms with Crippen LogP contribution in [0.2, 0.25) is 0 Å². The van der Waals surface area contributed by atoms with Gasteiger partial charge in [-0.1, -0.05) is 26.0 Å². The molecule has 6 atom stereocenters. The van der Waals surface area contributed by atoms with Gasteiger partial charge in [-0.05, 0) is 31.6 Å². The molecule has 9 nitrogen and oxygen atoms in total. The molecule has 218 valence electrons. The number of carbonyl (C=O) groups excluding carboxylic acids is 3. The number of rotatable bonds is 14. The number of unbranched alkanes of at least 4 members (excludes halogenated alkanes) is 1. The largest absolute Gasteiger partial charge is 0.465 e. The average Bonchev–Trinajstić information content (AvgIpc) is 3.57. The number of morpholine rings is 1. The number of hydrogen-bond acceptors (Lipinski definition) is 8. The summed E-state index contributed by atoms with van der Waals surface area (Å²) >= 11 is 1.63. The molecule has 39 heavy (non-hydrogen) atoms. The molecule has 0 aromatic heterocycles. The molecule has 4 aliphatic heterocycles. The lowest BCUT2D eigenvalue weighted by molar-refractivity contribution is -0.155. The second kappa shape index (κ2) is 13.2. The molecule has 4 aliphatic rings. The van der Waals surface area contributed by atoms with E-state index in [1.807, 2.05) is 13.8 Å². The van der Waals surface area contributed by atoms with Crippen molar-refractivity contribution in [1.82, 2.24) is 14.7 Å². The Labute approximate surface area is 236 Å². The molecule has 0 aromatic rings. The molecule has 10 heteroatoms. The predicted octanol–water partition coefficient (Wildman–Crippen LogP) is 1.95. The van der Waals surface area contributed by atoms with Crippen LogP contribution >= 0.6 is 11.8 Å². The Hall–Kier alpha value is -1.88. The molecule has 0 saturated carbocycles. The number of thioether (sulfide) groups is 1. The third-order valence-electron chi connectivity index (χ3n) is 8.81. The number of aliphatic hydroxyl groups excluding tert-OH is 1. The Morgan fingerprint density at radius 2 is 2.03 bits per heavy atom. The van der Waals surface area contributed by atoms with E-state index in [1.165, 1.54) is 0 Å². The first-order valence-electron chi connectivity index (χ1n) is 14.4. The van der Waals surface area contributed by atoms with Crippen LogP contribution in [0.3, 0.4) is 0 Å². The molecular weight excluding hydrogens is 518 g/mol. The maximum absolute atomic E-state index is 14.5. The number of nitrogens with zero attached hydrogens (tertiary/aromatic N) is 3. The van der Waals surface area contributed by atoms with Crippen molar-refractivity contribution in [3.63, 3.8) is 0 Å². The minimum Gasteiger partial charge on any atom is -0.465 e. The highest BCUT2D eigenvalue weighted by Crippen LogP contribution is 2.67. The summed E-state index contributed by atoms with van der Waals surface area (Å²) in [6.07, 6.45) is 6.41. The van der Waals surface area contributed by atoms with Crippen LogP contribution in [-0.4, -0.2) is 119 Å². The van der Waals surface area contributed by atoms with Crippen LogP contribution in [0.5, 0.6) is 0 Å². The van der Waals surface area contributed by atoms with Crippen LogP contribution in [0.25, 0.3) is 0 Å². The van der Waals surface area contributed by atoms with E-state index in [0.717, 1.165) is 25.9 Å². The number of ether oxygens (including phenoxy) is 2. The van der Waals surface area contributed by atoms with Gasteiger partial charge in [0.15, 0.2) is 0 Å². The third-order valence-corrected chi connectivity index (χ3v) is 10.8. The highest BCUT2D eigenvalue weighted by molar-refractivity contribution is 8.02. The number of allylic oxidation sites excluding steroid dienone is 1. The maximum Gasteiger partial charge on any atom is 0.310 e. The molecule has 4 saturated heterocycles. The van der Waals surface area contributed by atoms with Gasteiger partial charge in [-0.15, -0.1) is 24.9 Å². The van der Waals surface area contributed by atoms with Gasteiger partial charge in [-0.3, -0.25) is 19.3 Å². The van der Waals surface area contributed by atoms with Crippen molar-refractivity contribution in [3.8, 4) is 0 Å². The lowest BCUT2D eigenvalue weighted by Crippen LogP contribution is -2.59. The second-order valence-corrected chi connectivity index (χ2v) is 13.0. The van der Waals surface area contributed by atoms with Crippen LogP contribution in [0.4, 0.5) is 0 Å². The predicted molar refractivity (Wildman–Crippen MR) is 151 cm³/mol. The van der Waals surface area contributed by atoms with Crippen LogP contribution in [0.1, 0.15) is 39.5 Å². The summed E-state index contributed by atoms with van der Waals surface area (Å²) < 4.78 is 10.4. The van der Waals surface area contributed by atoms with Crippen molar-refractivity contribution in [2.75, 3.05) is 59.2 Å². The minimum atomic E-state index is -0.743. The fraction of sp³-hybridized carbons (Fsp3) is 0.759. The van der Waals surface area contributed by atoms with E-state index in [0.29, 0.717) is 52.3 Å². The van der Waals surface area contributed by atoms with Gasteiger partial charge >= 0.3 is 5.97 Å². The molecule has 1 N–H and O–H groups in total. The molecule has 1 spiro atoms. The number of fused-ring (bicyclic) bond motifs is 1. The summed E-state index contributed by atoms with van der Waals surface area (Å²) in [6.45, 7) is 16.2. The molecule has 4 heterocycles. The second-order valence-electron chi connectivity index (χ2n) is 11.4. The average molecular weight is 564 g/mol. The molecule has 4 rings (SSSR count). The summed E-state index contributed by atoms with van der Waals surface area (Å²) in [4.78, 5) is 47.8. The molecule has 4 fully saturated rings. The fourth-order valence-electron chi connectivity index (χ4n) is 6.82. The molecule has 0 radical (unpaired) electrons. The number of hydrogen-bond donors (Lipinski definition) is 1. The first kappa shape index (κ1) is 30.1. The topological polar surface area (TPSA) is 99.6 Å². The van der Waals surface area contributed by atoms with E-state index in [-0.39, 0.29) is 35.6 Å². The Balaban J connectivity index is 1.63. The van der Waals surface area contributed by atoms with E-state index < -0.39 is 28.7 Å². The molecule has 2 amide bonds. The number of carbonyl (C=O) groups is 3. The van der Waals surface area contributed by atoms with E-state index in [2.05, 4.69) is 18.1 Å². The summed E-state index contributed by atoms with van der Waals surface area (Å²) in [6, 6.07) is -1.26. The van der Waals surface area contributed by atoms with Crippen LogP contribution in [-0.2, 0) is 23.9 Å². The van der Waals surface area contributed by atoms with Gasteiger partial charge < -0.3 is 24.4 Å². The van der Waals surface area contributed by atoms with Gasteiger partial charge in [0.05, 0.1) is 49.1 Å². The first-order chi connectivity index (χ1) is 18.8. The van der Waals surface area contributed by atoms with Gasteiger partial charge in [0.25, 0.3) is 0 Å². The first-order valence-corrected chi connectivity index (χ1v) is 15.3. The van der Waals surface area contributed by atoms with Crippen molar-refractivity contribution in [2.24, 2.45) is 17.8 Å². The zero-order chi connectivity index (χ0) is 28.2. The van der Waals surface area contributed by atoms with E-state index in [4.69, 9.17) is 9.47 Å². The zero-order valence-electron chi connectivity index (χ0n) is 23.5. The highest BCUT2D eigenvalue weighted by atomic mass is 32.2. The van der Waals surface area contributed by atoms with Crippen molar-refractivity contribution in [1.29, 1.82) is 0 Å². The van der Waals surface area contributed by atoms with E-state index in [1.54, 1.807) is 33.7 Å². The maximum atomic E-state index is 14.5. The van der Waals surface area contributed by atoms with Gasteiger partial charge in [0.2, 0.25) is 11.8 Å². The Morgan fingerprint density at radius 3 is 2.67 bits per heavy atom. The molecule has 2 unspecified atom stereocenters. The lowest BCUT2D eigenvalue weighted by atomic mass is 9.71. The normalized spacial score (nSPS) is 30.9. The molecule has 0 aliphatic carbocycles. The van der Waals surface area contributed by atoms with E-state index in [9.17, 15) is 19.5 Å². The summed E-state index contributed by atoms with van der Waals surface area (Å²) in [5, 5.41) is 10.4. The zero-order valence-corrected chi connectivity index (χ0v) is 24.3. The smallest absolute Gasteiger partial charge is 0.310 e. The van der Waals surface area contributed by atoms with Crippen LogP contribution < -0.4 is 0 Å². The minimum absolute atomic E-state index is 0.0452. The standard InChI is InChI=1S/C29H45N3O6S/c1-5-7-8-16-38-28(36)23-22-9-10-29(39-22)24(23)26(34)32(21(19-33)20(3)4)25(29)27(35)31(11-6-2)13-12-30-14-17-37-18-15-30/h5-6,20-25,33H,1-2,7-19H2,3-4H3/t21-,22+,23-,24-,25?,29?/m0/s1. The van der Waals surface area contributed by atoms with Gasteiger partial charge in [-0.25, -0.2) is 0 Å². The SMILES string of the molecule is C=CCCCOC(=O)[C@@H]1[C@H]2C(=O)N([C@@H](CO)C(C)C)C(C(=O)N(CC=C)CCN3CCOCC3)C23CC[C@H]1S3. The monoisotopic (exact) mass is 563 g/mol. The van der Waals surface area contributed by atoms with Crippen molar-refractivity contribution in [2.45, 2.75) is 61.6 Å². The third kappa shape index (κ3) is 5.80. The van der Waals surface area contributed by atoms with Gasteiger partial charge in [0, 0.05) is 38.0 Å². The van der Waals surface area contributed by atoms with Crippen LogP contribution in [0.15, 0.2) is 25.3 Å².